The van der Waals surface area contributed by atoms with E-state index >= 15 is 0 Å². The molecule has 2 aliphatic heterocycles. The molecule has 2 aliphatic rings. The molecule has 3 heterocycles. The van der Waals surface area contributed by atoms with Crippen molar-refractivity contribution in [2.45, 2.75) is 31.5 Å². The average molecular weight is 433 g/mol. The lowest BCUT2D eigenvalue weighted by molar-refractivity contribution is -0.135. The highest BCUT2D eigenvalue weighted by atomic mass is 32.2. The van der Waals surface area contributed by atoms with E-state index in [1.165, 1.54) is 27.5 Å². The molecule has 0 saturated carbocycles. The molecular formula is C20H24N4O5S. The minimum atomic E-state index is -3.41. The van der Waals surface area contributed by atoms with E-state index in [1.807, 2.05) is 24.3 Å². The van der Waals surface area contributed by atoms with E-state index in [0.717, 1.165) is 5.56 Å². The van der Waals surface area contributed by atoms with Gasteiger partial charge in [0.15, 0.2) is 0 Å². The number of carbonyl (C=O) groups excluding carboxylic acids is 1. The topological polar surface area (TPSA) is 102 Å². The monoisotopic (exact) mass is 432 g/mol. The summed E-state index contributed by atoms with van der Waals surface area (Å²) in [4.78, 5) is 29.8. The second-order valence-corrected chi connectivity index (χ2v) is 9.82. The first-order chi connectivity index (χ1) is 14.3. The molecule has 0 aliphatic carbocycles. The number of carbonyl (C=O) groups is 1. The quantitative estimate of drug-likeness (QED) is 0.698. The number of nitrogens with zero attached hydrogens (tertiary/aromatic N) is 4. The smallest absolute Gasteiger partial charge is 0.347 e. The summed E-state index contributed by atoms with van der Waals surface area (Å²) in [5.41, 5.74) is -0.335. The van der Waals surface area contributed by atoms with Gasteiger partial charge >= 0.3 is 5.69 Å². The molecule has 1 spiro atoms. The molecule has 30 heavy (non-hydrogen) atoms. The summed E-state index contributed by atoms with van der Waals surface area (Å²) in [6, 6.07) is 9.07. The van der Waals surface area contributed by atoms with Crippen LogP contribution in [0, 0.1) is 0 Å². The number of hydrogen-bond acceptors (Lipinski definition) is 6. The van der Waals surface area contributed by atoms with Crippen LogP contribution in [0.15, 0.2) is 47.5 Å². The summed E-state index contributed by atoms with van der Waals surface area (Å²) in [6.45, 7) is 1.29. The van der Waals surface area contributed by atoms with Crippen molar-refractivity contribution in [1.29, 1.82) is 0 Å². The van der Waals surface area contributed by atoms with Gasteiger partial charge in [0.25, 0.3) is 0 Å². The number of fused-ring (bicyclic) bond motifs is 1. The van der Waals surface area contributed by atoms with Crippen LogP contribution in [0.2, 0.25) is 0 Å². The molecule has 0 radical (unpaired) electrons. The summed E-state index contributed by atoms with van der Waals surface area (Å²) in [5, 5.41) is 0. The van der Waals surface area contributed by atoms with E-state index in [2.05, 4.69) is 4.98 Å². The van der Waals surface area contributed by atoms with Crippen molar-refractivity contribution in [2.24, 2.45) is 0 Å². The number of benzene rings is 1. The first kappa shape index (κ1) is 20.5. The van der Waals surface area contributed by atoms with E-state index in [0.29, 0.717) is 31.7 Å². The normalized spacial score (nSPS) is 19.0. The van der Waals surface area contributed by atoms with Crippen molar-refractivity contribution < 1.29 is 17.9 Å². The highest BCUT2D eigenvalue weighted by Crippen LogP contribution is 2.36. The van der Waals surface area contributed by atoms with Crippen LogP contribution in [-0.2, 0) is 27.9 Å². The van der Waals surface area contributed by atoms with Crippen molar-refractivity contribution in [2.75, 3.05) is 25.9 Å². The minimum absolute atomic E-state index is 0.0706. The fraction of sp³-hybridized carbons (Fsp3) is 0.450. The fourth-order valence-electron chi connectivity index (χ4n) is 3.98. The number of hydrogen-bond donors (Lipinski definition) is 0. The SMILES string of the molecule is CS(=O)(=O)N1Cc2ccccc2OC2(CCN(C(=O)Cn3cccnc3=O)CC2)C1. The molecule has 1 saturated heterocycles. The second-order valence-electron chi connectivity index (χ2n) is 7.83. The van der Waals surface area contributed by atoms with E-state index in [4.69, 9.17) is 4.74 Å². The first-order valence-electron chi connectivity index (χ1n) is 9.77. The Hall–Kier alpha value is -2.72. The lowest BCUT2D eigenvalue weighted by Gasteiger charge is -2.42. The summed E-state index contributed by atoms with van der Waals surface area (Å²) < 4.78 is 33.8. The molecule has 10 heteroatoms. The molecule has 160 valence electrons. The van der Waals surface area contributed by atoms with Crippen molar-refractivity contribution in [3.63, 3.8) is 0 Å². The van der Waals surface area contributed by atoms with Crippen molar-refractivity contribution in [1.82, 2.24) is 18.8 Å². The maximum atomic E-state index is 12.7. The zero-order valence-electron chi connectivity index (χ0n) is 16.7. The fourth-order valence-corrected chi connectivity index (χ4v) is 4.82. The Morgan fingerprint density at radius 1 is 1.20 bits per heavy atom. The largest absolute Gasteiger partial charge is 0.485 e. The van der Waals surface area contributed by atoms with Crippen molar-refractivity contribution in [3.05, 3.63) is 58.8 Å². The molecular weight excluding hydrogens is 408 g/mol. The van der Waals surface area contributed by atoms with Gasteiger partial charge in [-0.1, -0.05) is 18.2 Å². The first-order valence-corrected chi connectivity index (χ1v) is 11.6. The lowest BCUT2D eigenvalue weighted by Crippen LogP contribution is -2.55. The molecule has 1 aromatic carbocycles. The van der Waals surface area contributed by atoms with Crippen LogP contribution < -0.4 is 10.4 Å². The van der Waals surface area contributed by atoms with E-state index < -0.39 is 21.3 Å². The molecule has 1 amide bonds. The third kappa shape index (κ3) is 4.24. The predicted molar refractivity (Wildman–Crippen MR) is 109 cm³/mol. The van der Waals surface area contributed by atoms with Gasteiger partial charge in [-0.3, -0.25) is 9.36 Å². The van der Waals surface area contributed by atoms with Crippen LogP contribution in [-0.4, -0.2) is 64.6 Å². The summed E-state index contributed by atoms with van der Waals surface area (Å²) in [5.74, 6) is 0.513. The highest BCUT2D eigenvalue weighted by molar-refractivity contribution is 7.88. The molecule has 0 atom stereocenters. The van der Waals surface area contributed by atoms with Crippen molar-refractivity contribution in [3.8, 4) is 5.75 Å². The number of sulfonamides is 1. The van der Waals surface area contributed by atoms with Gasteiger partial charge < -0.3 is 9.64 Å². The van der Waals surface area contributed by atoms with E-state index in [1.54, 1.807) is 11.0 Å². The maximum absolute atomic E-state index is 12.7. The van der Waals surface area contributed by atoms with E-state index in [9.17, 15) is 18.0 Å². The van der Waals surface area contributed by atoms with Crippen LogP contribution in [0.25, 0.3) is 0 Å². The summed E-state index contributed by atoms with van der Waals surface area (Å²) >= 11 is 0. The Balaban J connectivity index is 1.51. The Morgan fingerprint density at radius 2 is 1.93 bits per heavy atom. The second kappa shape index (κ2) is 7.84. The number of aromatic nitrogens is 2. The molecule has 2 aromatic rings. The van der Waals surface area contributed by atoms with Gasteiger partial charge in [0, 0.05) is 50.4 Å². The van der Waals surface area contributed by atoms with Crippen LogP contribution in [0.5, 0.6) is 5.75 Å². The minimum Gasteiger partial charge on any atom is -0.485 e. The van der Waals surface area contributed by atoms with E-state index in [-0.39, 0.29) is 25.5 Å². The van der Waals surface area contributed by atoms with Crippen LogP contribution in [0.1, 0.15) is 18.4 Å². The van der Waals surface area contributed by atoms with Crippen LogP contribution in [0.3, 0.4) is 0 Å². The molecule has 1 aromatic heterocycles. The molecule has 0 unspecified atom stereocenters. The zero-order valence-corrected chi connectivity index (χ0v) is 17.5. The Bertz CT molecular complexity index is 1110. The summed E-state index contributed by atoms with van der Waals surface area (Å²) in [7, 11) is -3.41. The molecule has 0 N–H and O–H groups in total. The Kier molecular flexibility index (Phi) is 5.37. The van der Waals surface area contributed by atoms with Gasteiger partial charge in [-0.05, 0) is 12.1 Å². The number of likely N-dealkylation sites (tertiary alicyclic amines) is 1. The van der Waals surface area contributed by atoms with Gasteiger partial charge in [-0.25, -0.2) is 18.2 Å². The van der Waals surface area contributed by atoms with Gasteiger partial charge in [-0.2, -0.15) is 4.31 Å². The number of piperidine rings is 1. The maximum Gasteiger partial charge on any atom is 0.347 e. The third-order valence-electron chi connectivity index (χ3n) is 5.70. The number of ether oxygens (including phenoxy) is 1. The Morgan fingerprint density at radius 3 is 2.63 bits per heavy atom. The average Bonchev–Trinajstić information content (AvgIpc) is 2.87. The third-order valence-corrected chi connectivity index (χ3v) is 6.89. The molecule has 9 nitrogen and oxygen atoms in total. The Labute approximate surface area is 174 Å². The van der Waals surface area contributed by atoms with Crippen LogP contribution in [0.4, 0.5) is 0 Å². The van der Waals surface area contributed by atoms with Gasteiger partial charge in [0.1, 0.15) is 17.9 Å². The van der Waals surface area contributed by atoms with Gasteiger partial charge in [-0.15, -0.1) is 0 Å². The highest BCUT2D eigenvalue weighted by Gasteiger charge is 2.43. The summed E-state index contributed by atoms with van der Waals surface area (Å²) in [6.07, 6.45) is 5.14. The zero-order chi connectivity index (χ0) is 21.4. The van der Waals surface area contributed by atoms with Crippen molar-refractivity contribution >= 4 is 15.9 Å². The molecule has 1 fully saturated rings. The lowest BCUT2D eigenvalue weighted by atomic mass is 9.90. The van der Waals surface area contributed by atoms with Gasteiger partial charge in [0.2, 0.25) is 15.9 Å². The standard InChI is InChI=1S/C20H24N4O5S/c1-30(27,28)24-13-16-5-2-3-6-17(16)29-20(15-24)7-11-22(12-8-20)18(25)14-23-10-4-9-21-19(23)26/h2-6,9-10H,7-8,11-15H2,1H3. The molecule has 0 bridgehead atoms. The predicted octanol–water partition coefficient (Wildman–Crippen LogP) is 0.459. The molecule has 4 rings (SSSR count). The number of rotatable bonds is 3. The number of amides is 1. The number of para-hydroxylation sites is 1. The van der Waals surface area contributed by atoms with Gasteiger partial charge in [0.05, 0.1) is 12.8 Å². The van der Waals surface area contributed by atoms with Crippen LogP contribution >= 0.6 is 0 Å².